The molecule has 3 aromatic rings. The number of esters is 1. The number of carbonyl (C=O) groups is 1. The standard InChI is InChI=1S/C22H26F2N8O2S/c1-3-34-20(33)16-18(28-13(2)19(29-16)35-15-5-9-27-32(15)21(23)24)30-10-6-22(7-11-30)12-31-14(17(22)25)4-8-26-31/h4-5,8-9,17,21H,3,6-7,10-12,25H2,1-2H3/t17-/m1/s1. The SMILES string of the molecule is CCOC(=O)c1nc(Sc2ccnn2C(F)F)c(C)nc1N1CCC2(CC1)Cn1nccc1[C@H]2N. The molecule has 0 aliphatic carbocycles. The van der Waals surface area contributed by atoms with Gasteiger partial charge in [-0.25, -0.2) is 14.8 Å². The topological polar surface area (TPSA) is 117 Å². The van der Waals surface area contributed by atoms with Gasteiger partial charge in [0.05, 0.1) is 30.2 Å². The van der Waals surface area contributed by atoms with Gasteiger partial charge in [0, 0.05) is 31.2 Å². The van der Waals surface area contributed by atoms with Crippen LogP contribution >= 0.6 is 11.8 Å². The van der Waals surface area contributed by atoms with E-state index in [-0.39, 0.29) is 28.8 Å². The van der Waals surface area contributed by atoms with E-state index in [0.29, 0.717) is 34.3 Å². The van der Waals surface area contributed by atoms with Crippen LogP contribution in [0, 0.1) is 12.3 Å². The average Bonchev–Trinajstić information content (AvgIpc) is 3.54. The number of halogens is 2. The molecule has 0 unspecified atom stereocenters. The zero-order chi connectivity index (χ0) is 24.7. The van der Waals surface area contributed by atoms with Crippen LogP contribution in [0.25, 0.3) is 0 Å². The zero-order valence-electron chi connectivity index (χ0n) is 19.4. The largest absolute Gasteiger partial charge is 0.461 e. The number of fused-ring (bicyclic) bond motifs is 1. The van der Waals surface area contributed by atoms with Crippen LogP contribution in [-0.2, 0) is 11.3 Å². The number of alkyl halides is 2. The van der Waals surface area contributed by atoms with Crippen LogP contribution in [-0.4, -0.2) is 55.2 Å². The summed E-state index contributed by atoms with van der Waals surface area (Å²) < 4.78 is 34.3. The molecule has 3 aromatic heterocycles. The molecule has 1 saturated heterocycles. The lowest BCUT2D eigenvalue weighted by molar-refractivity contribution is 0.0473. The second-order valence-corrected chi connectivity index (χ2v) is 9.75. The minimum Gasteiger partial charge on any atom is -0.461 e. The number of aryl methyl sites for hydroxylation is 1. The van der Waals surface area contributed by atoms with Crippen molar-refractivity contribution in [1.29, 1.82) is 0 Å². The van der Waals surface area contributed by atoms with Crippen molar-refractivity contribution < 1.29 is 18.3 Å². The van der Waals surface area contributed by atoms with Gasteiger partial charge in [-0.15, -0.1) is 0 Å². The lowest BCUT2D eigenvalue weighted by Gasteiger charge is -2.42. The quantitative estimate of drug-likeness (QED) is 0.505. The van der Waals surface area contributed by atoms with Crippen LogP contribution in [0.15, 0.2) is 34.6 Å². The number of hydrogen-bond donors (Lipinski definition) is 1. The van der Waals surface area contributed by atoms with Crippen molar-refractivity contribution in [3.8, 4) is 0 Å². The Morgan fingerprint density at radius 3 is 2.69 bits per heavy atom. The van der Waals surface area contributed by atoms with E-state index < -0.39 is 12.5 Å². The predicted molar refractivity (Wildman–Crippen MR) is 123 cm³/mol. The molecule has 5 heterocycles. The Labute approximate surface area is 204 Å². The Hall–Kier alpha value is -3.06. The summed E-state index contributed by atoms with van der Waals surface area (Å²) in [7, 11) is 0. The lowest BCUT2D eigenvalue weighted by atomic mass is 9.73. The van der Waals surface area contributed by atoms with Gasteiger partial charge in [0.25, 0.3) is 0 Å². The Morgan fingerprint density at radius 1 is 1.26 bits per heavy atom. The fourth-order valence-corrected chi connectivity index (χ4v) is 5.73. The van der Waals surface area contributed by atoms with Crippen LogP contribution in [0.5, 0.6) is 0 Å². The molecule has 10 nitrogen and oxygen atoms in total. The zero-order valence-corrected chi connectivity index (χ0v) is 20.2. The van der Waals surface area contributed by atoms with Gasteiger partial charge in [-0.1, -0.05) is 0 Å². The molecule has 0 radical (unpaired) electrons. The normalized spacial score (nSPS) is 18.9. The maximum absolute atomic E-state index is 13.3. The average molecular weight is 505 g/mol. The molecule has 2 aliphatic heterocycles. The van der Waals surface area contributed by atoms with Crippen LogP contribution < -0.4 is 10.6 Å². The third-order valence-electron chi connectivity index (χ3n) is 6.75. The van der Waals surface area contributed by atoms with E-state index in [4.69, 9.17) is 15.5 Å². The number of rotatable bonds is 6. The first kappa shape index (κ1) is 23.7. The van der Waals surface area contributed by atoms with Gasteiger partial charge < -0.3 is 15.4 Å². The fraction of sp³-hybridized carbons (Fsp3) is 0.500. The van der Waals surface area contributed by atoms with Crippen molar-refractivity contribution in [1.82, 2.24) is 29.5 Å². The number of anilines is 1. The second-order valence-electron chi connectivity index (χ2n) is 8.74. The molecule has 35 heavy (non-hydrogen) atoms. The van der Waals surface area contributed by atoms with E-state index in [2.05, 4.69) is 15.2 Å². The summed E-state index contributed by atoms with van der Waals surface area (Å²) >= 11 is 0.985. The molecule has 5 rings (SSSR count). The number of hydrogen-bond acceptors (Lipinski definition) is 9. The van der Waals surface area contributed by atoms with Gasteiger partial charge in [-0.2, -0.15) is 23.7 Å². The molecular formula is C22H26F2N8O2S. The molecule has 0 saturated carbocycles. The molecule has 2 N–H and O–H groups in total. The van der Waals surface area contributed by atoms with Crippen molar-refractivity contribution >= 4 is 23.5 Å². The Balaban J connectivity index is 1.42. The summed E-state index contributed by atoms with van der Waals surface area (Å²) in [5.74, 6) is -0.163. The summed E-state index contributed by atoms with van der Waals surface area (Å²) in [5, 5.41) is 8.58. The number of ether oxygens (including phenoxy) is 1. The van der Waals surface area contributed by atoms with Crippen LogP contribution in [0.4, 0.5) is 14.6 Å². The second kappa shape index (κ2) is 9.19. The first-order chi connectivity index (χ1) is 16.8. The van der Waals surface area contributed by atoms with Crippen LogP contribution in [0.1, 0.15) is 54.2 Å². The number of nitrogens with two attached hydrogens (primary N) is 1. The number of aromatic nitrogens is 6. The molecule has 2 aliphatic rings. The highest BCUT2D eigenvalue weighted by Gasteiger charge is 2.47. The van der Waals surface area contributed by atoms with Gasteiger partial charge in [0.1, 0.15) is 10.1 Å². The van der Waals surface area contributed by atoms with E-state index in [1.54, 1.807) is 20.0 Å². The van der Waals surface area contributed by atoms with Gasteiger partial charge in [0.2, 0.25) is 0 Å². The molecule has 186 valence electrons. The molecular weight excluding hydrogens is 478 g/mol. The molecule has 0 amide bonds. The molecule has 0 aromatic carbocycles. The monoisotopic (exact) mass is 504 g/mol. The predicted octanol–water partition coefficient (Wildman–Crippen LogP) is 3.20. The van der Waals surface area contributed by atoms with Gasteiger partial charge >= 0.3 is 12.5 Å². The third-order valence-corrected chi connectivity index (χ3v) is 7.86. The van der Waals surface area contributed by atoms with Crippen molar-refractivity contribution in [2.75, 3.05) is 24.6 Å². The highest BCUT2D eigenvalue weighted by molar-refractivity contribution is 7.99. The Morgan fingerprint density at radius 2 is 2.00 bits per heavy atom. The van der Waals surface area contributed by atoms with E-state index in [9.17, 15) is 13.6 Å². The van der Waals surface area contributed by atoms with E-state index >= 15 is 0 Å². The summed E-state index contributed by atoms with van der Waals surface area (Å²) in [5.41, 5.74) is 8.16. The van der Waals surface area contributed by atoms with Gasteiger partial charge in [-0.05, 0) is 50.6 Å². The fourth-order valence-electron chi connectivity index (χ4n) is 4.86. The molecule has 13 heteroatoms. The lowest BCUT2D eigenvalue weighted by Crippen LogP contribution is -2.45. The van der Waals surface area contributed by atoms with Crippen molar-refractivity contribution in [2.24, 2.45) is 11.1 Å². The highest BCUT2D eigenvalue weighted by Crippen LogP contribution is 2.48. The number of nitrogens with zero attached hydrogens (tertiary/aromatic N) is 7. The molecule has 0 bridgehead atoms. The molecule has 1 fully saturated rings. The molecule has 1 spiro atoms. The first-order valence-electron chi connectivity index (χ1n) is 11.4. The van der Waals surface area contributed by atoms with E-state index in [1.165, 1.54) is 12.3 Å². The number of piperidine rings is 1. The van der Waals surface area contributed by atoms with E-state index in [0.717, 1.165) is 36.8 Å². The van der Waals surface area contributed by atoms with Gasteiger partial charge in [0.15, 0.2) is 11.5 Å². The van der Waals surface area contributed by atoms with Crippen LogP contribution in [0.3, 0.4) is 0 Å². The van der Waals surface area contributed by atoms with Crippen molar-refractivity contribution in [2.45, 2.75) is 55.9 Å². The first-order valence-corrected chi connectivity index (χ1v) is 12.2. The summed E-state index contributed by atoms with van der Waals surface area (Å²) in [6.07, 6.45) is 4.69. The van der Waals surface area contributed by atoms with E-state index in [1.807, 2.05) is 15.6 Å². The molecule has 1 atom stereocenters. The Kier molecular flexibility index (Phi) is 6.21. The highest BCUT2D eigenvalue weighted by atomic mass is 32.2. The summed E-state index contributed by atoms with van der Waals surface area (Å²) in [6, 6.07) is 3.34. The third kappa shape index (κ3) is 4.16. The summed E-state index contributed by atoms with van der Waals surface area (Å²) in [6.45, 7) is 2.91. The summed E-state index contributed by atoms with van der Waals surface area (Å²) in [4.78, 5) is 24.1. The maximum atomic E-state index is 13.3. The van der Waals surface area contributed by atoms with Gasteiger partial charge in [-0.3, -0.25) is 4.68 Å². The minimum atomic E-state index is -2.79. The Bertz CT molecular complexity index is 1240. The van der Waals surface area contributed by atoms with Crippen molar-refractivity contribution in [3.63, 3.8) is 0 Å². The maximum Gasteiger partial charge on any atom is 0.360 e. The number of carbonyl (C=O) groups excluding carboxylic acids is 1. The van der Waals surface area contributed by atoms with Crippen LogP contribution in [0.2, 0.25) is 0 Å². The van der Waals surface area contributed by atoms with Crippen molar-refractivity contribution in [3.05, 3.63) is 41.6 Å². The smallest absolute Gasteiger partial charge is 0.360 e. The minimum absolute atomic E-state index is 0.0719.